The molecule has 0 unspecified atom stereocenters. The summed E-state index contributed by atoms with van der Waals surface area (Å²) >= 11 is 1.59. The van der Waals surface area contributed by atoms with Crippen LogP contribution in [0.2, 0.25) is 0 Å². The van der Waals surface area contributed by atoms with Crippen molar-refractivity contribution in [2.24, 2.45) is 17.8 Å². The Morgan fingerprint density at radius 3 is 2.64 bits per heavy atom. The first-order valence-electron chi connectivity index (χ1n) is 9.69. The van der Waals surface area contributed by atoms with Gasteiger partial charge >= 0.3 is 5.97 Å². The molecule has 4 nitrogen and oxygen atoms in total. The second kappa shape index (κ2) is 6.75. The fourth-order valence-corrected chi connectivity index (χ4v) is 6.19. The molecule has 2 fully saturated rings. The molecule has 3 aliphatic carbocycles. The van der Waals surface area contributed by atoms with E-state index in [-0.39, 0.29) is 23.9 Å². The van der Waals surface area contributed by atoms with Crippen LogP contribution in [0.1, 0.15) is 73.2 Å². The van der Waals surface area contributed by atoms with Gasteiger partial charge in [-0.1, -0.05) is 6.42 Å². The van der Waals surface area contributed by atoms with E-state index in [2.05, 4.69) is 5.32 Å². The number of hydrogen-bond acceptors (Lipinski definition) is 4. The van der Waals surface area contributed by atoms with Gasteiger partial charge in [-0.3, -0.25) is 4.79 Å². The smallest absolute Gasteiger partial charge is 0.341 e. The van der Waals surface area contributed by atoms with Crippen LogP contribution >= 0.6 is 11.3 Å². The lowest BCUT2D eigenvalue weighted by atomic mass is 9.88. The van der Waals surface area contributed by atoms with E-state index in [1.54, 1.807) is 11.3 Å². The lowest BCUT2D eigenvalue weighted by Gasteiger charge is -2.20. The number of hydrogen-bond donors (Lipinski definition) is 1. The number of carbonyl (C=O) groups is 2. The fraction of sp³-hybridized carbons (Fsp3) is 0.700. The zero-order chi connectivity index (χ0) is 17.6. The van der Waals surface area contributed by atoms with E-state index in [1.807, 2.05) is 13.8 Å². The van der Waals surface area contributed by atoms with Crippen LogP contribution in [-0.2, 0) is 22.4 Å². The molecule has 1 heterocycles. The summed E-state index contributed by atoms with van der Waals surface area (Å²) in [5, 5.41) is 3.85. The largest absolute Gasteiger partial charge is 0.459 e. The van der Waals surface area contributed by atoms with Crippen LogP contribution in [0.4, 0.5) is 5.00 Å². The van der Waals surface area contributed by atoms with Crippen molar-refractivity contribution < 1.29 is 14.3 Å². The van der Waals surface area contributed by atoms with Crippen molar-refractivity contribution in [3.63, 3.8) is 0 Å². The molecule has 4 rings (SSSR count). The van der Waals surface area contributed by atoms with Gasteiger partial charge in [0, 0.05) is 10.8 Å². The van der Waals surface area contributed by atoms with E-state index >= 15 is 0 Å². The van der Waals surface area contributed by atoms with E-state index in [1.165, 1.54) is 24.1 Å². The topological polar surface area (TPSA) is 55.4 Å². The van der Waals surface area contributed by atoms with Crippen LogP contribution in [-0.4, -0.2) is 18.0 Å². The van der Waals surface area contributed by atoms with Crippen molar-refractivity contribution in [1.82, 2.24) is 0 Å². The van der Waals surface area contributed by atoms with Crippen LogP contribution in [0.5, 0.6) is 0 Å². The average molecular weight is 362 g/mol. The number of aryl methyl sites for hydroxylation is 1. The third kappa shape index (κ3) is 3.23. The molecule has 1 aromatic rings. The standard InChI is InChI=1S/C20H27NO3S/c1-11(2)24-20(23)17-14-5-3-4-6-16(14)25-19(17)21-18(22)15-10-12-7-8-13(15)9-12/h11-13,15H,3-10H2,1-2H3,(H,21,22)/t12-,13+,15+/m0/s1. The Bertz CT molecular complexity index is 693. The van der Waals surface area contributed by atoms with Crippen LogP contribution < -0.4 is 5.32 Å². The summed E-state index contributed by atoms with van der Waals surface area (Å²) in [5.74, 6) is 1.25. The Morgan fingerprint density at radius 2 is 1.96 bits per heavy atom. The summed E-state index contributed by atoms with van der Waals surface area (Å²) in [6.45, 7) is 3.73. The Hall–Kier alpha value is -1.36. The van der Waals surface area contributed by atoms with Gasteiger partial charge in [-0.25, -0.2) is 4.79 Å². The summed E-state index contributed by atoms with van der Waals surface area (Å²) in [7, 11) is 0. The van der Waals surface area contributed by atoms with E-state index in [0.29, 0.717) is 11.5 Å². The Labute approximate surface area is 153 Å². The van der Waals surface area contributed by atoms with E-state index in [9.17, 15) is 9.59 Å². The van der Waals surface area contributed by atoms with Crippen LogP contribution in [0.25, 0.3) is 0 Å². The molecule has 0 aliphatic heterocycles. The minimum atomic E-state index is -0.280. The number of nitrogens with one attached hydrogen (secondary N) is 1. The van der Waals surface area contributed by atoms with Gasteiger partial charge in [0.2, 0.25) is 5.91 Å². The number of esters is 1. The number of ether oxygens (including phenoxy) is 1. The second-order valence-corrected chi connectivity index (χ2v) is 9.24. The van der Waals surface area contributed by atoms with Crippen molar-refractivity contribution >= 4 is 28.2 Å². The molecule has 0 aromatic carbocycles. The fourth-order valence-electron chi connectivity index (χ4n) is 4.91. The minimum absolute atomic E-state index is 0.115. The Morgan fingerprint density at radius 1 is 1.16 bits per heavy atom. The van der Waals surface area contributed by atoms with Crippen LogP contribution in [0, 0.1) is 17.8 Å². The van der Waals surface area contributed by atoms with E-state index in [0.717, 1.165) is 48.6 Å². The zero-order valence-corrected chi connectivity index (χ0v) is 15.9. The van der Waals surface area contributed by atoms with E-state index < -0.39 is 0 Å². The molecule has 1 N–H and O–H groups in total. The van der Waals surface area contributed by atoms with Crippen molar-refractivity contribution in [2.45, 2.75) is 71.3 Å². The molecule has 1 amide bonds. The Balaban J connectivity index is 1.58. The van der Waals surface area contributed by atoms with Crippen molar-refractivity contribution in [1.29, 1.82) is 0 Å². The molecule has 3 aliphatic rings. The first kappa shape index (κ1) is 17.1. The number of amides is 1. The molecule has 25 heavy (non-hydrogen) atoms. The maximum Gasteiger partial charge on any atom is 0.341 e. The first-order valence-corrected chi connectivity index (χ1v) is 10.5. The third-order valence-corrected chi connectivity index (χ3v) is 7.24. The molecule has 3 atom stereocenters. The van der Waals surface area contributed by atoms with Crippen LogP contribution in [0.3, 0.4) is 0 Å². The minimum Gasteiger partial charge on any atom is -0.459 e. The van der Waals surface area contributed by atoms with Crippen LogP contribution in [0.15, 0.2) is 0 Å². The molecule has 136 valence electrons. The highest BCUT2D eigenvalue weighted by atomic mass is 32.1. The maximum atomic E-state index is 12.9. The highest BCUT2D eigenvalue weighted by Gasteiger charge is 2.43. The summed E-state index contributed by atoms with van der Waals surface area (Å²) in [5.41, 5.74) is 1.75. The number of carbonyl (C=O) groups excluding carboxylic acids is 2. The molecular formula is C20H27NO3S. The molecule has 5 heteroatoms. The molecule has 0 saturated heterocycles. The van der Waals surface area contributed by atoms with Gasteiger partial charge < -0.3 is 10.1 Å². The Kier molecular flexibility index (Phi) is 4.61. The predicted octanol–water partition coefficient (Wildman–Crippen LogP) is 4.57. The number of thiophene rings is 1. The summed E-state index contributed by atoms with van der Waals surface area (Å²) in [4.78, 5) is 26.8. The summed E-state index contributed by atoms with van der Waals surface area (Å²) in [6.07, 6.45) is 8.73. The van der Waals surface area contributed by atoms with Gasteiger partial charge in [-0.15, -0.1) is 11.3 Å². The van der Waals surface area contributed by atoms with Gasteiger partial charge in [0.15, 0.2) is 0 Å². The normalized spacial score (nSPS) is 27.4. The molecule has 1 aromatic heterocycles. The average Bonchev–Trinajstić information content (AvgIpc) is 3.27. The predicted molar refractivity (Wildman–Crippen MR) is 99.1 cm³/mol. The van der Waals surface area contributed by atoms with E-state index in [4.69, 9.17) is 4.74 Å². The first-order chi connectivity index (χ1) is 12.0. The summed E-state index contributed by atoms with van der Waals surface area (Å²) < 4.78 is 5.47. The van der Waals surface area contributed by atoms with Crippen molar-refractivity contribution in [3.05, 3.63) is 16.0 Å². The van der Waals surface area contributed by atoms with Gasteiger partial charge in [0.05, 0.1) is 11.7 Å². The highest BCUT2D eigenvalue weighted by Crippen LogP contribution is 2.49. The number of anilines is 1. The zero-order valence-electron chi connectivity index (χ0n) is 15.1. The monoisotopic (exact) mass is 361 g/mol. The van der Waals surface area contributed by atoms with Crippen molar-refractivity contribution in [3.8, 4) is 0 Å². The molecular weight excluding hydrogens is 334 g/mol. The van der Waals surface area contributed by atoms with Gasteiger partial charge in [-0.05, 0) is 76.2 Å². The SMILES string of the molecule is CC(C)OC(=O)c1c(NC(=O)[C@@H]2C[C@H]3CC[C@@H]2C3)sc2c1CCCC2. The lowest BCUT2D eigenvalue weighted by molar-refractivity contribution is -0.121. The molecule has 2 bridgehead atoms. The van der Waals surface area contributed by atoms with Gasteiger partial charge in [0.1, 0.15) is 5.00 Å². The van der Waals surface area contributed by atoms with Gasteiger partial charge in [0.25, 0.3) is 0 Å². The third-order valence-electron chi connectivity index (χ3n) is 6.03. The van der Waals surface area contributed by atoms with Crippen molar-refractivity contribution in [2.75, 3.05) is 5.32 Å². The van der Waals surface area contributed by atoms with Gasteiger partial charge in [-0.2, -0.15) is 0 Å². The highest BCUT2D eigenvalue weighted by molar-refractivity contribution is 7.17. The second-order valence-electron chi connectivity index (χ2n) is 8.14. The quantitative estimate of drug-likeness (QED) is 0.800. The lowest BCUT2D eigenvalue weighted by Crippen LogP contribution is -2.27. The summed E-state index contributed by atoms with van der Waals surface area (Å²) in [6, 6.07) is 0. The molecule has 0 spiro atoms. The molecule has 2 saturated carbocycles. The number of fused-ring (bicyclic) bond motifs is 3. The maximum absolute atomic E-state index is 12.9. The number of rotatable bonds is 4. The molecule has 0 radical (unpaired) electrons.